The molecule has 0 aliphatic rings. The van der Waals surface area contributed by atoms with Gasteiger partial charge in [-0.3, -0.25) is 0 Å². The first-order chi connectivity index (χ1) is 8.15. The normalized spacial score (nSPS) is 12.4. The van der Waals surface area contributed by atoms with Crippen LogP contribution >= 0.6 is 15.9 Å². The number of halogens is 1. The zero-order valence-electron chi connectivity index (χ0n) is 9.73. The van der Waals surface area contributed by atoms with Crippen LogP contribution in [0.2, 0.25) is 0 Å². The molecule has 0 saturated heterocycles. The van der Waals surface area contributed by atoms with Crippen LogP contribution in [0.3, 0.4) is 0 Å². The van der Waals surface area contributed by atoms with Crippen molar-refractivity contribution < 1.29 is 5.11 Å². The Morgan fingerprint density at radius 3 is 2.18 bits per heavy atom. The van der Waals surface area contributed by atoms with E-state index in [0.717, 1.165) is 15.6 Å². The molecular formula is C15H15BrO. The Balaban J connectivity index is 2.08. The first kappa shape index (κ1) is 12.3. The van der Waals surface area contributed by atoms with Crippen molar-refractivity contribution in [2.24, 2.45) is 0 Å². The highest BCUT2D eigenvalue weighted by Crippen LogP contribution is 2.20. The van der Waals surface area contributed by atoms with Gasteiger partial charge in [-0.2, -0.15) is 0 Å². The molecule has 2 aromatic rings. The van der Waals surface area contributed by atoms with E-state index in [1.807, 2.05) is 24.3 Å². The van der Waals surface area contributed by atoms with Gasteiger partial charge in [0.05, 0.1) is 6.10 Å². The number of hydrogen-bond donors (Lipinski definition) is 1. The summed E-state index contributed by atoms with van der Waals surface area (Å²) in [5.74, 6) is 0. The summed E-state index contributed by atoms with van der Waals surface area (Å²) in [4.78, 5) is 0. The molecule has 0 fully saturated rings. The highest BCUT2D eigenvalue weighted by atomic mass is 79.9. The molecule has 0 radical (unpaired) electrons. The Morgan fingerprint density at radius 1 is 1.00 bits per heavy atom. The standard InChI is InChI=1S/C15H15BrO/c1-11-2-4-12(5-3-11)10-15(17)13-6-8-14(16)9-7-13/h2-9,15,17H,10H2,1H3. The summed E-state index contributed by atoms with van der Waals surface area (Å²) in [7, 11) is 0. The van der Waals surface area contributed by atoms with Crippen LogP contribution in [-0.4, -0.2) is 5.11 Å². The first-order valence-corrected chi connectivity index (χ1v) is 6.43. The Kier molecular flexibility index (Phi) is 3.97. The fraction of sp³-hybridized carbons (Fsp3) is 0.200. The van der Waals surface area contributed by atoms with Crippen molar-refractivity contribution in [3.63, 3.8) is 0 Å². The highest BCUT2D eigenvalue weighted by Gasteiger charge is 2.08. The third kappa shape index (κ3) is 3.42. The van der Waals surface area contributed by atoms with E-state index in [1.165, 1.54) is 5.56 Å². The lowest BCUT2D eigenvalue weighted by Gasteiger charge is -2.11. The molecular weight excluding hydrogens is 276 g/mol. The van der Waals surface area contributed by atoms with Crippen molar-refractivity contribution >= 4 is 15.9 Å². The second kappa shape index (κ2) is 5.48. The molecule has 0 heterocycles. The summed E-state index contributed by atoms with van der Waals surface area (Å²) in [6.45, 7) is 2.06. The van der Waals surface area contributed by atoms with Gasteiger partial charge in [0.1, 0.15) is 0 Å². The Morgan fingerprint density at radius 2 is 1.59 bits per heavy atom. The maximum absolute atomic E-state index is 10.1. The van der Waals surface area contributed by atoms with Crippen LogP contribution in [-0.2, 0) is 6.42 Å². The van der Waals surface area contributed by atoms with E-state index >= 15 is 0 Å². The van der Waals surface area contributed by atoms with Gasteiger partial charge in [0.2, 0.25) is 0 Å². The van der Waals surface area contributed by atoms with Gasteiger partial charge in [0.25, 0.3) is 0 Å². The molecule has 0 bridgehead atoms. The summed E-state index contributed by atoms with van der Waals surface area (Å²) in [5, 5.41) is 10.1. The van der Waals surface area contributed by atoms with Crippen LogP contribution in [0.15, 0.2) is 53.0 Å². The molecule has 1 atom stereocenters. The lowest BCUT2D eigenvalue weighted by molar-refractivity contribution is 0.178. The molecule has 1 unspecified atom stereocenters. The van der Waals surface area contributed by atoms with Gasteiger partial charge >= 0.3 is 0 Å². The summed E-state index contributed by atoms with van der Waals surface area (Å²) >= 11 is 3.39. The number of hydrogen-bond acceptors (Lipinski definition) is 1. The third-order valence-corrected chi connectivity index (χ3v) is 3.33. The Bertz CT molecular complexity index is 473. The quantitative estimate of drug-likeness (QED) is 0.905. The van der Waals surface area contributed by atoms with Gasteiger partial charge in [-0.05, 0) is 30.2 Å². The van der Waals surface area contributed by atoms with Gasteiger partial charge in [0.15, 0.2) is 0 Å². The van der Waals surface area contributed by atoms with Crippen LogP contribution in [0.5, 0.6) is 0 Å². The maximum atomic E-state index is 10.1. The van der Waals surface area contributed by atoms with Crippen molar-refractivity contribution in [1.29, 1.82) is 0 Å². The fourth-order valence-electron chi connectivity index (χ4n) is 1.75. The molecule has 1 N–H and O–H groups in total. The molecule has 0 amide bonds. The van der Waals surface area contributed by atoms with Crippen molar-refractivity contribution in [2.75, 3.05) is 0 Å². The molecule has 2 rings (SSSR count). The summed E-state index contributed by atoms with van der Waals surface area (Å²) in [6, 6.07) is 16.1. The number of benzene rings is 2. The van der Waals surface area contributed by atoms with Gasteiger partial charge in [-0.15, -0.1) is 0 Å². The fourth-order valence-corrected chi connectivity index (χ4v) is 2.01. The van der Waals surface area contributed by atoms with E-state index in [9.17, 15) is 5.11 Å². The van der Waals surface area contributed by atoms with Crippen LogP contribution in [0.25, 0.3) is 0 Å². The lowest BCUT2D eigenvalue weighted by atomic mass is 10.0. The predicted octanol–water partition coefficient (Wildman–Crippen LogP) is 4.03. The molecule has 0 spiro atoms. The third-order valence-electron chi connectivity index (χ3n) is 2.80. The van der Waals surface area contributed by atoms with E-state index < -0.39 is 6.10 Å². The zero-order valence-corrected chi connectivity index (χ0v) is 11.3. The van der Waals surface area contributed by atoms with E-state index in [4.69, 9.17) is 0 Å². The van der Waals surface area contributed by atoms with Crippen LogP contribution < -0.4 is 0 Å². The number of aliphatic hydroxyl groups is 1. The monoisotopic (exact) mass is 290 g/mol. The average Bonchev–Trinajstić information content (AvgIpc) is 2.33. The molecule has 2 aromatic carbocycles. The van der Waals surface area contributed by atoms with Gasteiger partial charge in [-0.1, -0.05) is 57.9 Å². The average molecular weight is 291 g/mol. The summed E-state index contributed by atoms with van der Waals surface area (Å²) in [6.07, 6.45) is 0.216. The van der Waals surface area contributed by atoms with E-state index in [-0.39, 0.29) is 0 Å². The Hall–Kier alpha value is -1.12. The number of rotatable bonds is 3. The number of aliphatic hydroxyl groups excluding tert-OH is 1. The molecule has 0 saturated carbocycles. The van der Waals surface area contributed by atoms with Crippen molar-refractivity contribution in [1.82, 2.24) is 0 Å². The van der Waals surface area contributed by atoms with E-state index in [1.54, 1.807) is 0 Å². The smallest absolute Gasteiger partial charge is 0.0830 e. The minimum Gasteiger partial charge on any atom is -0.388 e. The van der Waals surface area contributed by atoms with Crippen molar-refractivity contribution in [2.45, 2.75) is 19.4 Å². The van der Waals surface area contributed by atoms with Gasteiger partial charge < -0.3 is 5.11 Å². The minimum absolute atomic E-state index is 0.439. The largest absolute Gasteiger partial charge is 0.388 e. The second-order valence-corrected chi connectivity index (χ2v) is 5.17. The van der Waals surface area contributed by atoms with Gasteiger partial charge in [0, 0.05) is 10.9 Å². The number of aryl methyl sites for hydroxylation is 1. The molecule has 0 aliphatic carbocycles. The molecule has 17 heavy (non-hydrogen) atoms. The van der Waals surface area contributed by atoms with Crippen LogP contribution in [0.4, 0.5) is 0 Å². The highest BCUT2D eigenvalue weighted by molar-refractivity contribution is 9.10. The van der Waals surface area contributed by atoms with E-state index in [2.05, 4.69) is 47.1 Å². The van der Waals surface area contributed by atoms with Crippen LogP contribution in [0.1, 0.15) is 22.8 Å². The van der Waals surface area contributed by atoms with Gasteiger partial charge in [-0.25, -0.2) is 0 Å². The lowest BCUT2D eigenvalue weighted by Crippen LogP contribution is -2.01. The summed E-state index contributed by atoms with van der Waals surface area (Å²) < 4.78 is 1.03. The van der Waals surface area contributed by atoms with E-state index in [0.29, 0.717) is 6.42 Å². The molecule has 0 aromatic heterocycles. The first-order valence-electron chi connectivity index (χ1n) is 5.64. The summed E-state index contributed by atoms with van der Waals surface area (Å²) in [5.41, 5.74) is 3.35. The topological polar surface area (TPSA) is 20.2 Å². The van der Waals surface area contributed by atoms with Crippen molar-refractivity contribution in [3.05, 3.63) is 69.7 Å². The molecule has 0 aliphatic heterocycles. The second-order valence-electron chi connectivity index (χ2n) is 4.26. The molecule has 1 nitrogen and oxygen atoms in total. The predicted molar refractivity (Wildman–Crippen MR) is 74.0 cm³/mol. The zero-order chi connectivity index (χ0) is 12.3. The molecule has 88 valence electrons. The maximum Gasteiger partial charge on any atom is 0.0830 e. The van der Waals surface area contributed by atoms with Crippen molar-refractivity contribution in [3.8, 4) is 0 Å². The Labute approximate surface area is 110 Å². The molecule has 2 heteroatoms. The van der Waals surface area contributed by atoms with Crippen LogP contribution in [0, 0.1) is 6.92 Å². The minimum atomic E-state index is -0.439. The SMILES string of the molecule is Cc1ccc(CC(O)c2ccc(Br)cc2)cc1.